The molecule has 110 valence electrons. The Morgan fingerprint density at radius 2 is 1.43 bits per heavy atom. The summed E-state index contributed by atoms with van der Waals surface area (Å²) in [5.74, 6) is 1.38. The molecule has 0 fully saturated rings. The Balaban J connectivity index is 2.44. The molecule has 0 saturated carbocycles. The van der Waals surface area contributed by atoms with Gasteiger partial charge < -0.3 is 9.47 Å². The third-order valence-corrected chi connectivity index (χ3v) is 3.49. The Labute approximate surface area is 125 Å². The molecule has 2 aromatic carbocycles. The third-order valence-electron chi connectivity index (χ3n) is 3.49. The Bertz CT molecular complexity index is 605. The summed E-state index contributed by atoms with van der Waals surface area (Å²) in [7, 11) is 3.10. The van der Waals surface area contributed by atoms with Crippen LogP contribution in [0, 0.1) is 0 Å². The molecular weight excluding hydrogens is 264 g/mol. The van der Waals surface area contributed by atoms with Crippen molar-refractivity contribution in [2.45, 2.75) is 19.8 Å². The first-order valence-electron chi connectivity index (χ1n) is 6.94. The Hall–Kier alpha value is -2.29. The van der Waals surface area contributed by atoms with Gasteiger partial charge in [0.25, 0.3) is 0 Å². The van der Waals surface area contributed by atoms with Crippen LogP contribution in [0.15, 0.2) is 42.5 Å². The molecule has 0 amide bonds. The average molecular weight is 284 g/mol. The molecular formula is C18H20O3. The maximum atomic E-state index is 12.7. The Kier molecular flexibility index (Phi) is 4.63. The zero-order valence-electron chi connectivity index (χ0n) is 12.8. The molecule has 0 heterocycles. The summed E-state index contributed by atoms with van der Waals surface area (Å²) in [6.45, 7) is 4.25. The number of hydrogen-bond donors (Lipinski definition) is 0. The molecule has 0 N–H and O–H groups in total. The van der Waals surface area contributed by atoms with Crippen molar-refractivity contribution in [2.24, 2.45) is 0 Å². The summed E-state index contributed by atoms with van der Waals surface area (Å²) in [6.07, 6.45) is 0. The lowest BCUT2D eigenvalue weighted by Gasteiger charge is -2.12. The third kappa shape index (κ3) is 3.07. The van der Waals surface area contributed by atoms with Crippen LogP contribution < -0.4 is 9.47 Å². The van der Waals surface area contributed by atoms with E-state index in [1.165, 1.54) is 5.56 Å². The minimum atomic E-state index is -0.0976. The number of rotatable bonds is 5. The van der Waals surface area contributed by atoms with E-state index in [2.05, 4.69) is 13.8 Å². The van der Waals surface area contributed by atoms with E-state index < -0.39 is 0 Å². The van der Waals surface area contributed by atoms with Gasteiger partial charge in [0.15, 0.2) is 0 Å². The molecule has 3 nitrogen and oxygen atoms in total. The second-order valence-electron chi connectivity index (χ2n) is 5.14. The molecule has 21 heavy (non-hydrogen) atoms. The molecule has 0 atom stereocenters. The summed E-state index contributed by atoms with van der Waals surface area (Å²) in [4.78, 5) is 12.7. The van der Waals surface area contributed by atoms with Gasteiger partial charge in [0.2, 0.25) is 5.78 Å². The predicted octanol–water partition coefficient (Wildman–Crippen LogP) is 4.06. The van der Waals surface area contributed by atoms with E-state index in [4.69, 9.17) is 9.47 Å². The summed E-state index contributed by atoms with van der Waals surface area (Å²) in [5.41, 5.74) is 2.29. The lowest BCUT2D eigenvalue weighted by Crippen LogP contribution is -2.06. The number of ketones is 1. The van der Waals surface area contributed by atoms with Crippen LogP contribution in [0.5, 0.6) is 11.5 Å². The number of hydrogen-bond acceptors (Lipinski definition) is 3. The van der Waals surface area contributed by atoms with Gasteiger partial charge in [-0.1, -0.05) is 44.2 Å². The summed E-state index contributed by atoms with van der Waals surface area (Å²) in [5, 5.41) is 0. The molecule has 0 aliphatic rings. The smallest absolute Gasteiger partial charge is 0.200 e. The standard InChI is InChI=1S/C18H20O3/c1-12(2)13-8-10-14(11-9-13)18(19)17-15(20-3)6-5-7-16(17)21-4/h5-12H,1-4H3. The summed E-state index contributed by atoms with van der Waals surface area (Å²) in [6, 6.07) is 13.0. The van der Waals surface area contributed by atoms with Crippen molar-refractivity contribution in [3.8, 4) is 11.5 Å². The Morgan fingerprint density at radius 3 is 1.86 bits per heavy atom. The quantitative estimate of drug-likeness (QED) is 0.777. The summed E-state index contributed by atoms with van der Waals surface area (Å²) < 4.78 is 10.6. The SMILES string of the molecule is COc1cccc(OC)c1C(=O)c1ccc(C(C)C)cc1. The van der Waals surface area contributed by atoms with Crippen molar-refractivity contribution >= 4 is 5.78 Å². The first-order chi connectivity index (χ1) is 10.1. The molecule has 0 spiro atoms. The highest BCUT2D eigenvalue weighted by molar-refractivity contribution is 6.12. The van der Waals surface area contributed by atoms with Crippen molar-refractivity contribution < 1.29 is 14.3 Å². The highest BCUT2D eigenvalue weighted by atomic mass is 16.5. The van der Waals surface area contributed by atoms with E-state index in [1.807, 2.05) is 24.3 Å². The van der Waals surface area contributed by atoms with Crippen molar-refractivity contribution in [3.63, 3.8) is 0 Å². The molecule has 0 bridgehead atoms. The number of benzene rings is 2. The van der Waals surface area contributed by atoms with Crippen LogP contribution in [-0.2, 0) is 0 Å². The van der Waals surface area contributed by atoms with Gasteiger partial charge in [-0.15, -0.1) is 0 Å². The largest absolute Gasteiger partial charge is 0.496 e. The lowest BCUT2D eigenvalue weighted by atomic mass is 9.97. The number of carbonyl (C=O) groups is 1. The van der Waals surface area contributed by atoms with Gasteiger partial charge in [0.1, 0.15) is 17.1 Å². The zero-order valence-corrected chi connectivity index (χ0v) is 12.8. The van der Waals surface area contributed by atoms with Gasteiger partial charge in [-0.05, 0) is 23.6 Å². The maximum absolute atomic E-state index is 12.7. The van der Waals surface area contributed by atoms with Gasteiger partial charge in [-0.25, -0.2) is 0 Å². The van der Waals surface area contributed by atoms with Gasteiger partial charge in [-0.2, -0.15) is 0 Å². The topological polar surface area (TPSA) is 35.5 Å². The molecule has 0 aliphatic heterocycles. The molecule has 2 rings (SSSR count). The van der Waals surface area contributed by atoms with Crippen molar-refractivity contribution in [1.82, 2.24) is 0 Å². The fourth-order valence-electron chi connectivity index (χ4n) is 2.24. The number of ether oxygens (including phenoxy) is 2. The van der Waals surface area contributed by atoms with Gasteiger partial charge >= 0.3 is 0 Å². The molecule has 0 saturated heterocycles. The van der Waals surface area contributed by atoms with E-state index in [0.717, 1.165) is 0 Å². The fraction of sp³-hybridized carbons (Fsp3) is 0.278. The average Bonchev–Trinajstić information content (AvgIpc) is 2.53. The first-order valence-corrected chi connectivity index (χ1v) is 6.94. The van der Waals surface area contributed by atoms with Crippen molar-refractivity contribution in [2.75, 3.05) is 14.2 Å². The summed E-state index contributed by atoms with van der Waals surface area (Å²) >= 11 is 0. The van der Waals surface area contributed by atoms with Crippen LogP contribution in [0.2, 0.25) is 0 Å². The molecule has 0 aliphatic carbocycles. The van der Waals surface area contributed by atoms with Crippen LogP contribution in [-0.4, -0.2) is 20.0 Å². The zero-order chi connectivity index (χ0) is 15.4. The first kappa shape index (κ1) is 15.1. The predicted molar refractivity (Wildman–Crippen MR) is 83.5 cm³/mol. The van der Waals surface area contributed by atoms with E-state index in [9.17, 15) is 4.79 Å². The van der Waals surface area contributed by atoms with Crippen LogP contribution in [0.3, 0.4) is 0 Å². The normalized spacial score (nSPS) is 10.5. The van der Waals surface area contributed by atoms with E-state index in [-0.39, 0.29) is 5.78 Å². The molecule has 3 heteroatoms. The second-order valence-corrected chi connectivity index (χ2v) is 5.14. The minimum absolute atomic E-state index is 0.0976. The van der Waals surface area contributed by atoms with Crippen LogP contribution in [0.4, 0.5) is 0 Å². The lowest BCUT2D eigenvalue weighted by molar-refractivity contribution is 0.103. The highest BCUT2D eigenvalue weighted by Gasteiger charge is 2.19. The minimum Gasteiger partial charge on any atom is -0.496 e. The van der Waals surface area contributed by atoms with Crippen molar-refractivity contribution in [1.29, 1.82) is 0 Å². The fourth-order valence-corrected chi connectivity index (χ4v) is 2.24. The maximum Gasteiger partial charge on any atom is 0.200 e. The van der Waals surface area contributed by atoms with Gasteiger partial charge in [0.05, 0.1) is 14.2 Å². The van der Waals surface area contributed by atoms with Crippen molar-refractivity contribution in [3.05, 3.63) is 59.2 Å². The van der Waals surface area contributed by atoms with Crippen LogP contribution in [0.1, 0.15) is 41.3 Å². The van der Waals surface area contributed by atoms with E-state index in [1.54, 1.807) is 32.4 Å². The number of methoxy groups -OCH3 is 2. The monoisotopic (exact) mass is 284 g/mol. The molecule has 2 aromatic rings. The number of carbonyl (C=O) groups excluding carboxylic acids is 1. The second kappa shape index (κ2) is 6.44. The van der Waals surface area contributed by atoms with Crippen LogP contribution in [0.25, 0.3) is 0 Å². The molecule has 0 radical (unpaired) electrons. The Morgan fingerprint density at radius 1 is 0.905 bits per heavy atom. The van der Waals surface area contributed by atoms with Crippen LogP contribution >= 0.6 is 0 Å². The van der Waals surface area contributed by atoms with E-state index in [0.29, 0.717) is 28.5 Å². The van der Waals surface area contributed by atoms with E-state index >= 15 is 0 Å². The van der Waals surface area contributed by atoms with Gasteiger partial charge in [0, 0.05) is 5.56 Å². The van der Waals surface area contributed by atoms with Gasteiger partial charge in [-0.3, -0.25) is 4.79 Å². The molecule has 0 unspecified atom stereocenters. The molecule has 0 aromatic heterocycles. The highest BCUT2D eigenvalue weighted by Crippen LogP contribution is 2.30.